The highest BCUT2D eigenvalue weighted by Crippen LogP contribution is 2.27. The number of carbonyl (C=O) groups is 2. The zero-order chi connectivity index (χ0) is 29.4. The molecule has 2 amide bonds. The molecule has 0 aliphatic heterocycles. The molecule has 0 fully saturated rings. The number of anilines is 1. The van der Waals surface area contributed by atoms with Gasteiger partial charge >= 0.3 is 0 Å². The number of amides is 2. The van der Waals surface area contributed by atoms with E-state index in [-0.39, 0.29) is 29.0 Å². The molecule has 3 rings (SSSR count). The van der Waals surface area contributed by atoms with Gasteiger partial charge in [-0.3, -0.25) is 13.9 Å². The fourth-order valence-corrected chi connectivity index (χ4v) is 5.94. The molecule has 3 aromatic carbocycles. The van der Waals surface area contributed by atoms with Crippen LogP contribution >= 0.6 is 23.2 Å². The number of hydrogen-bond acceptors (Lipinski definition) is 4. The number of nitrogens with one attached hydrogen (secondary N) is 1. The number of carbonyl (C=O) groups excluding carboxylic acids is 2. The predicted molar refractivity (Wildman–Crippen MR) is 161 cm³/mol. The molecule has 0 aliphatic rings. The second-order valence-corrected chi connectivity index (χ2v) is 12.7. The Labute approximate surface area is 247 Å². The Hall–Kier alpha value is -3.07. The van der Waals surface area contributed by atoms with Gasteiger partial charge in [0.15, 0.2) is 0 Å². The van der Waals surface area contributed by atoms with Crippen molar-refractivity contribution in [3.05, 3.63) is 94.0 Å². The Morgan fingerprint density at radius 1 is 0.950 bits per heavy atom. The molecule has 10 heteroatoms. The normalized spacial score (nSPS) is 12.2. The standard InChI is InChI=1S/C30H35Cl2N3O4S/c1-5-28(30(37)33-18-21(2)3)34(19-23-9-6-7-12-27(23)32)29(36)20-35(25-11-8-10-24(31)17-25)40(38,39)26-15-13-22(4)14-16-26/h6-17,21,28H,5,18-20H2,1-4H3,(H,33,37)/t28-/m1/s1. The van der Waals surface area contributed by atoms with E-state index in [0.29, 0.717) is 28.6 Å². The van der Waals surface area contributed by atoms with Crippen LogP contribution in [0.25, 0.3) is 0 Å². The van der Waals surface area contributed by atoms with Crippen LogP contribution in [0.3, 0.4) is 0 Å². The van der Waals surface area contributed by atoms with Crippen molar-refractivity contribution >= 4 is 50.7 Å². The summed E-state index contributed by atoms with van der Waals surface area (Å²) in [6.45, 7) is 7.55. The van der Waals surface area contributed by atoms with Crippen LogP contribution in [0.15, 0.2) is 77.7 Å². The van der Waals surface area contributed by atoms with Gasteiger partial charge in [0, 0.05) is 23.1 Å². The van der Waals surface area contributed by atoms with Crippen molar-refractivity contribution in [2.75, 3.05) is 17.4 Å². The molecule has 0 bridgehead atoms. The summed E-state index contributed by atoms with van der Waals surface area (Å²) >= 11 is 12.6. The molecule has 0 heterocycles. The van der Waals surface area contributed by atoms with E-state index in [2.05, 4.69) is 5.32 Å². The van der Waals surface area contributed by atoms with E-state index in [1.165, 1.54) is 23.1 Å². The topological polar surface area (TPSA) is 86.8 Å². The minimum absolute atomic E-state index is 0.0279. The second kappa shape index (κ2) is 14.0. The summed E-state index contributed by atoms with van der Waals surface area (Å²) in [5, 5.41) is 3.67. The van der Waals surface area contributed by atoms with Gasteiger partial charge in [-0.1, -0.05) is 85.9 Å². The van der Waals surface area contributed by atoms with Crippen molar-refractivity contribution in [2.45, 2.75) is 51.6 Å². The average Bonchev–Trinajstić information content (AvgIpc) is 2.91. The molecule has 1 atom stereocenters. The van der Waals surface area contributed by atoms with Crippen LogP contribution in [-0.2, 0) is 26.2 Å². The smallest absolute Gasteiger partial charge is 0.264 e. The highest BCUT2D eigenvalue weighted by Gasteiger charge is 2.34. The fourth-order valence-electron chi connectivity index (χ4n) is 4.15. The van der Waals surface area contributed by atoms with Crippen LogP contribution in [0.4, 0.5) is 5.69 Å². The first-order valence-corrected chi connectivity index (χ1v) is 15.3. The maximum atomic E-state index is 14.1. The van der Waals surface area contributed by atoms with Gasteiger partial charge in [-0.25, -0.2) is 8.42 Å². The van der Waals surface area contributed by atoms with Gasteiger partial charge in [0.1, 0.15) is 12.6 Å². The first-order valence-electron chi connectivity index (χ1n) is 13.1. The largest absolute Gasteiger partial charge is 0.354 e. The third kappa shape index (κ3) is 7.99. The average molecular weight is 605 g/mol. The Morgan fingerprint density at radius 2 is 1.62 bits per heavy atom. The van der Waals surface area contributed by atoms with Gasteiger partial charge in [-0.15, -0.1) is 0 Å². The van der Waals surface area contributed by atoms with Crippen molar-refractivity contribution in [1.82, 2.24) is 10.2 Å². The van der Waals surface area contributed by atoms with E-state index in [4.69, 9.17) is 23.2 Å². The molecule has 214 valence electrons. The molecule has 0 saturated carbocycles. The Balaban J connectivity index is 2.06. The van der Waals surface area contributed by atoms with Crippen LogP contribution in [-0.4, -0.2) is 44.3 Å². The third-order valence-electron chi connectivity index (χ3n) is 6.35. The van der Waals surface area contributed by atoms with E-state index in [0.717, 1.165) is 9.87 Å². The van der Waals surface area contributed by atoms with E-state index < -0.39 is 28.5 Å². The van der Waals surface area contributed by atoms with Gasteiger partial charge in [-0.05, 0) is 61.2 Å². The molecule has 0 aliphatic carbocycles. The molecule has 40 heavy (non-hydrogen) atoms. The highest BCUT2D eigenvalue weighted by molar-refractivity contribution is 7.92. The molecule has 0 radical (unpaired) electrons. The predicted octanol–water partition coefficient (Wildman–Crippen LogP) is 6.08. The van der Waals surface area contributed by atoms with Crippen molar-refractivity contribution < 1.29 is 18.0 Å². The lowest BCUT2D eigenvalue weighted by atomic mass is 10.1. The Bertz CT molecular complexity index is 1430. The van der Waals surface area contributed by atoms with E-state index in [9.17, 15) is 18.0 Å². The van der Waals surface area contributed by atoms with Gasteiger partial charge in [-0.2, -0.15) is 0 Å². The highest BCUT2D eigenvalue weighted by atomic mass is 35.5. The van der Waals surface area contributed by atoms with Gasteiger partial charge in [0.05, 0.1) is 10.6 Å². The van der Waals surface area contributed by atoms with Crippen molar-refractivity contribution in [1.29, 1.82) is 0 Å². The molecular formula is C30H35Cl2N3O4S. The van der Waals surface area contributed by atoms with Crippen LogP contribution in [0.1, 0.15) is 38.3 Å². The number of benzene rings is 3. The number of halogens is 2. The summed E-state index contributed by atoms with van der Waals surface area (Å²) < 4.78 is 28.8. The third-order valence-corrected chi connectivity index (χ3v) is 8.74. The monoisotopic (exact) mass is 603 g/mol. The quantitative estimate of drug-likeness (QED) is 0.272. The van der Waals surface area contributed by atoms with Gasteiger partial charge in [0.25, 0.3) is 10.0 Å². The van der Waals surface area contributed by atoms with Crippen LogP contribution in [0, 0.1) is 12.8 Å². The number of aryl methyl sites for hydroxylation is 1. The van der Waals surface area contributed by atoms with Crippen LogP contribution in [0.2, 0.25) is 10.0 Å². The van der Waals surface area contributed by atoms with E-state index in [1.807, 2.05) is 27.7 Å². The molecule has 7 nitrogen and oxygen atoms in total. The molecule has 0 spiro atoms. The second-order valence-electron chi connectivity index (χ2n) is 9.98. The van der Waals surface area contributed by atoms with E-state index in [1.54, 1.807) is 54.6 Å². The lowest BCUT2D eigenvalue weighted by Crippen LogP contribution is -2.52. The molecule has 3 aromatic rings. The van der Waals surface area contributed by atoms with Crippen molar-refractivity contribution in [3.63, 3.8) is 0 Å². The summed E-state index contributed by atoms with van der Waals surface area (Å²) in [5.74, 6) is -0.651. The molecule has 0 saturated heterocycles. The molecule has 0 unspecified atom stereocenters. The Kier molecular flexibility index (Phi) is 11.0. The van der Waals surface area contributed by atoms with Crippen molar-refractivity contribution in [2.24, 2.45) is 5.92 Å². The zero-order valence-electron chi connectivity index (χ0n) is 23.1. The lowest BCUT2D eigenvalue weighted by molar-refractivity contribution is -0.140. The zero-order valence-corrected chi connectivity index (χ0v) is 25.4. The van der Waals surface area contributed by atoms with Crippen LogP contribution < -0.4 is 9.62 Å². The van der Waals surface area contributed by atoms with Crippen LogP contribution in [0.5, 0.6) is 0 Å². The van der Waals surface area contributed by atoms with Crippen molar-refractivity contribution in [3.8, 4) is 0 Å². The summed E-state index contributed by atoms with van der Waals surface area (Å²) in [6, 6.07) is 18.9. The number of sulfonamides is 1. The Morgan fingerprint density at radius 3 is 2.23 bits per heavy atom. The lowest BCUT2D eigenvalue weighted by Gasteiger charge is -2.33. The summed E-state index contributed by atoms with van der Waals surface area (Å²) in [4.78, 5) is 28.8. The maximum absolute atomic E-state index is 14.1. The number of nitrogens with zero attached hydrogens (tertiary/aromatic N) is 2. The fraction of sp³-hybridized carbons (Fsp3) is 0.333. The summed E-state index contributed by atoms with van der Waals surface area (Å²) in [5.41, 5.74) is 1.77. The number of rotatable bonds is 12. The van der Waals surface area contributed by atoms with Gasteiger partial charge < -0.3 is 10.2 Å². The molecule has 0 aromatic heterocycles. The van der Waals surface area contributed by atoms with E-state index >= 15 is 0 Å². The molecule has 1 N–H and O–H groups in total. The minimum Gasteiger partial charge on any atom is -0.354 e. The SMILES string of the molecule is CC[C@H](C(=O)NCC(C)C)N(Cc1ccccc1Cl)C(=O)CN(c1cccc(Cl)c1)S(=O)(=O)c1ccc(C)cc1. The maximum Gasteiger partial charge on any atom is 0.264 e. The number of hydrogen-bond donors (Lipinski definition) is 1. The minimum atomic E-state index is -4.17. The summed E-state index contributed by atoms with van der Waals surface area (Å²) in [6.07, 6.45) is 0.321. The first-order chi connectivity index (χ1) is 18.9. The summed E-state index contributed by atoms with van der Waals surface area (Å²) in [7, 11) is -4.17. The first kappa shape index (κ1) is 31.5. The molecular weight excluding hydrogens is 569 g/mol. The van der Waals surface area contributed by atoms with Gasteiger partial charge in [0.2, 0.25) is 11.8 Å².